The molecular weight excluding hydrogens is 306 g/mol. The summed E-state index contributed by atoms with van der Waals surface area (Å²) < 4.78 is 28.5. The molecule has 7 nitrogen and oxygen atoms in total. The highest BCUT2D eigenvalue weighted by molar-refractivity contribution is 7.92. The zero-order valence-electron chi connectivity index (χ0n) is 12.4. The molecule has 1 aromatic heterocycles. The van der Waals surface area contributed by atoms with Crippen LogP contribution in [0.1, 0.15) is 35.8 Å². The monoisotopic (exact) mass is 323 g/mol. The van der Waals surface area contributed by atoms with Gasteiger partial charge < -0.3 is 5.11 Å². The Morgan fingerprint density at radius 2 is 2.05 bits per heavy atom. The maximum absolute atomic E-state index is 12.3. The van der Waals surface area contributed by atoms with Gasteiger partial charge in [0.1, 0.15) is 4.90 Å². The number of rotatable bonds is 5. The highest BCUT2D eigenvalue weighted by atomic mass is 32.2. The molecule has 118 valence electrons. The fourth-order valence-electron chi connectivity index (χ4n) is 1.92. The molecule has 0 fully saturated rings. The Hall–Kier alpha value is -2.35. The SMILES string of the molecule is Cc1cc(NS(=O)(=O)c2cnn(C(C)C)c2)ccc1C(=O)O. The summed E-state index contributed by atoms with van der Waals surface area (Å²) in [7, 11) is -3.76. The molecule has 0 saturated heterocycles. The summed E-state index contributed by atoms with van der Waals surface area (Å²) in [6.07, 6.45) is 2.73. The Bertz CT molecular complexity index is 809. The van der Waals surface area contributed by atoms with Crippen LogP contribution in [0.3, 0.4) is 0 Å². The van der Waals surface area contributed by atoms with E-state index in [2.05, 4.69) is 9.82 Å². The van der Waals surface area contributed by atoms with Crippen LogP contribution in [0.15, 0.2) is 35.5 Å². The molecule has 0 unspecified atom stereocenters. The van der Waals surface area contributed by atoms with E-state index < -0.39 is 16.0 Å². The van der Waals surface area contributed by atoms with Gasteiger partial charge >= 0.3 is 5.97 Å². The highest BCUT2D eigenvalue weighted by Gasteiger charge is 2.18. The van der Waals surface area contributed by atoms with Crippen LogP contribution in [0.25, 0.3) is 0 Å². The fourth-order valence-corrected chi connectivity index (χ4v) is 2.91. The minimum Gasteiger partial charge on any atom is -0.478 e. The summed E-state index contributed by atoms with van der Waals surface area (Å²) in [5.74, 6) is -1.05. The first kappa shape index (κ1) is 16.0. The lowest BCUT2D eigenvalue weighted by molar-refractivity contribution is 0.0696. The van der Waals surface area contributed by atoms with Crippen molar-refractivity contribution in [1.29, 1.82) is 0 Å². The zero-order chi connectivity index (χ0) is 16.5. The van der Waals surface area contributed by atoms with E-state index in [1.165, 1.54) is 30.6 Å². The fraction of sp³-hybridized carbons (Fsp3) is 0.286. The van der Waals surface area contributed by atoms with Crippen LogP contribution in [-0.2, 0) is 10.0 Å². The van der Waals surface area contributed by atoms with Crippen molar-refractivity contribution in [3.8, 4) is 0 Å². The van der Waals surface area contributed by atoms with Gasteiger partial charge in [-0.05, 0) is 44.5 Å². The smallest absolute Gasteiger partial charge is 0.335 e. The summed E-state index contributed by atoms with van der Waals surface area (Å²) in [4.78, 5) is 11.0. The number of benzene rings is 1. The Labute approximate surface area is 128 Å². The van der Waals surface area contributed by atoms with Crippen molar-refractivity contribution < 1.29 is 18.3 Å². The molecule has 2 aromatic rings. The average Bonchev–Trinajstić information content (AvgIpc) is 2.88. The van der Waals surface area contributed by atoms with Gasteiger partial charge in [0.15, 0.2) is 0 Å². The Morgan fingerprint density at radius 3 is 2.55 bits per heavy atom. The van der Waals surface area contributed by atoms with Gasteiger partial charge in [0.25, 0.3) is 10.0 Å². The standard InChI is InChI=1S/C14H17N3O4S/c1-9(2)17-8-12(7-15-17)22(20,21)16-11-4-5-13(14(18)19)10(3)6-11/h4-9,16H,1-3H3,(H,18,19). The van der Waals surface area contributed by atoms with Crippen molar-refractivity contribution in [3.05, 3.63) is 41.7 Å². The van der Waals surface area contributed by atoms with Crippen LogP contribution in [-0.4, -0.2) is 29.3 Å². The summed E-state index contributed by atoms with van der Waals surface area (Å²) in [6, 6.07) is 4.32. The van der Waals surface area contributed by atoms with Crippen molar-refractivity contribution in [3.63, 3.8) is 0 Å². The van der Waals surface area contributed by atoms with Gasteiger partial charge in [0.05, 0.1) is 11.8 Å². The van der Waals surface area contributed by atoms with Gasteiger partial charge in [-0.25, -0.2) is 13.2 Å². The summed E-state index contributed by atoms with van der Waals surface area (Å²) in [6.45, 7) is 5.40. The second-order valence-corrected chi connectivity index (χ2v) is 6.87. The minimum absolute atomic E-state index is 0.0565. The topological polar surface area (TPSA) is 101 Å². The number of hydrogen-bond acceptors (Lipinski definition) is 4. The van der Waals surface area contributed by atoms with E-state index in [1.807, 2.05) is 13.8 Å². The van der Waals surface area contributed by atoms with Gasteiger partial charge in [-0.1, -0.05) is 0 Å². The first-order valence-electron chi connectivity index (χ1n) is 6.61. The molecule has 22 heavy (non-hydrogen) atoms. The Balaban J connectivity index is 2.28. The molecule has 0 amide bonds. The molecule has 0 spiro atoms. The van der Waals surface area contributed by atoms with E-state index >= 15 is 0 Å². The number of aromatic nitrogens is 2. The highest BCUT2D eigenvalue weighted by Crippen LogP contribution is 2.20. The third-order valence-corrected chi connectivity index (χ3v) is 4.46. The molecule has 0 saturated carbocycles. The summed E-state index contributed by atoms with van der Waals surface area (Å²) in [5.41, 5.74) is 0.918. The third-order valence-electron chi connectivity index (χ3n) is 3.13. The Morgan fingerprint density at radius 1 is 1.36 bits per heavy atom. The molecule has 0 radical (unpaired) electrons. The molecule has 0 aliphatic rings. The number of sulfonamides is 1. The lowest BCUT2D eigenvalue weighted by Crippen LogP contribution is -2.13. The van der Waals surface area contributed by atoms with Crippen molar-refractivity contribution in [1.82, 2.24) is 9.78 Å². The van der Waals surface area contributed by atoms with Gasteiger partial charge in [0.2, 0.25) is 0 Å². The van der Waals surface area contributed by atoms with Gasteiger partial charge in [-0.3, -0.25) is 9.40 Å². The second kappa shape index (κ2) is 5.80. The van der Waals surface area contributed by atoms with Crippen LogP contribution in [0.4, 0.5) is 5.69 Å². The molecule has 2 rings (SSSR count). The maximum Gasteiger partial charge on any atom is 0.335 e. The number of aromatic carboxylic acids is 1. The number of carboxylic acids is 1. The van der Waals surface area contributed by atoms with Gasteiger partial charge in [0, 0.05) is 17.9 Å². The number of aryl methyl sites for hydroxylation is 1. The number of nitrogens with one attached hydrogen (secondary N) is 1. The lowest BCUT2D eigenvalue weighted by Gasteiger charge is -2.08. The van der Waals surface area contributed by atoms with E-state index in [9.17, 15) is 13.2 Å². The first-order chi connectivity index (χ1) is 10.2. The third kappa shape index (κ3) is 3.28. The molecule has 0 aliphatic carbocycles. The second-order valence-electron chi connectivity index (χ2n) is 5.19. The van der Waals surface area contributed by atoms with Crippen molar-refractivity contribution in [2.75, 3.05) is 4.72 Å². The summed E-state index contributed by atoms with van der Waals surface area (Å²) >= 11 is 0. The largest absolute Gasteiger partial charge is 0.478 e. The Kier molecular flexibility index (Phi) is 4.23. The van der Waals surface area contributed by atoms with E-state index in [-0.39, 0.29) is 16.5 Å². The molecule has 8 heteroatoms. The van der Waals surface area contributed by atoms with Gasteiger partial charge in [-0.2, -0.15) is 5.10 Å². The molecule has 1 heterocycles. The van der Waals surface area contributed by atoms with E-state index in [4.69, 9.17) is 5.11 Å². The minimum atomic E-state index is -3.76. The van der Waals surface area contributed by atoms with E-state index in [0.717, 1.165) is 0 Å². The summed E-state index contributed by atoms with van der Waals surface area (Å²) in [5, 5.41) is 13.0. The number of hydrogen-bond donors (Lipinski definition) is 2. The zero-order valence-corrected chi connectivity index (χ0v) is 13.3. The van der Waals surface area contributed by atoms with Crippen LogP contribution in [0.5, 0.6) is 0 Å². The van der Waals surface area contributed by atoms with Crippen LogP contribution < -0.4 is 4.72 Å². The quantitative estimate of drug-likeness (QED) is 0.879. The van der Waals surface area contributed by atoms with Crippen molar-refractivity contribution >= 4 is 21.7 Å². The van der Waals surface area contributed by atoms with Crippen molar-refractivity contribution in [2.24, 2.45) is 0 Å². The molecule has 0 aliphatic heterocycles. The van der Waals surface area contributed by atoms with Crippen LogP contribution >= 0.6 is 0 Å². The number of carboxylic acid groups (broad SMARTS) is 1. The normalized spacial score (nSPS) is 11.6. The predicted octanol–water partition coefficient (Wildman–Crippen LogP) is 2.27. The predicted molar refractivity (Wildman–Crippen MR) is 81.6 cm³/mol. The van der Waals surface area contributed by atoms with Crippen molar-refractivity contribution in [2.45, 2.75) is 31.7 Å². The van der Waals surface area contributed by atoms with Gasteiger partial charge in [-0.15, -0.1) is 0 Å². The molecule has 0 atom stereocenters. The molecular formula is C14H17N3O4S. The van der Waals surface area contributed by atoms with Crippen LogP contribution in [0.2, 0.25) is 0 Å². The number of carbonyl (C=O) groups is 1. The van der Waals surface area contributed by atoms with E-state index in [1.54, 1.807) is 11.6 Å². The van der Waals surface area contributed by atoms with E-state index in [0.29, 0.717) is 11.3 Å². The molecule has 1 aromatic carbocycles. The number of anilines is 1. The first-order valence-corrected chi connectivity index (χ1v) is 8.10. The maximum atomic E-state index is 12.3. The number of nitrogens with zero attached hydrogens (tertiary/aromatic N) is 2. The average molecular weight is 323 g/mol. The lowest BCUT2D eigenvalue weighted by atomic mass is 10.1. The molecule has 0 bridgehead atoms. The van der Waals surface area contributed by atoms with Crippen LogP contribution in [0, 0.1) is 6.92 Å². The molecule has 2 N–H and O–H groups in total.